The fourth-order valence-electron chi connectivity index (χ4n) is 2.90. The molecule has 0 spiro atoms. The van der Waals surface area contributed by atoms with Crippen molar-refractivity contribution >= 4 is 5.91 Å². The normalized spacial score (nSPS) is 15.5. The summed E-state index contributed by atoms with van der Waals surface area (Å²) < 4.78 is 11.0. The largest absolute Gasteiger partial charge is 0.484 e. The van der Waals surface area contributed by atoms with Crippen molar-refractivity contribution in [2.75, 3.05) is 19.7 Å². The number of ether oxygens (including phenoxy) is 1. The third-order valence-electron chi connectivity index (χ3n) is 4.44. The molecule has 1 aliphatic heterocycles. The maximum Gasteiger partial charge on any atom is 0.260 e. The van der Waals surface area contributed by atoms with Gasteiger partial charge >= 0.3 is 0 Å². The van der Waals surface area contributed by atoms with E-state index in [0.29, 0.717) is 19.0 Å². The number of likely N-dealkylation sites (tertiary alicyclic amines) is 1. The molecule has 0 unspecified atom stereocenters. The van der Waals surface area contributed by atoms with Gasteiger partial charge in [0, 0.05) is 25.4 Å². The Balaban J connectivity index is 1.49. The molecular formula is C18H23N3O3. The van der Waals surface area contributed by atoms with E-state index < -0.39 is 0 Å². The van der Waals surface area contributed by atoms with Gasteiger partial charge in [0.15, 0.2) is 12.4 Å². The molecular weight excluding hydrogens is 306 g/mol. The van der Waals surface area contributed by atoms with Gasteiger partial charge in [-0.25, -0.2) is 0 Å². The highest BCUT2D eigenvalue weighted by molar-refractivity contribution is 5.77. The Labute approximate surface area is 141 Å². The molecule has 3 rings (SSSR count). The van der Waals surface area contributed by atoms with Crippen molar-refractivity contribution in [3.05, 3.63) is 41.5 Å². The van der Waals surface area contributed by atoms with Crippen LogP contribution in [0.5, 0.6) is 5.75 Å². The number of nitrogens with zero attached hydrogens (tertiary/aromatic N) is 3. The van der Waals surface area contributed by atoms with Crippen LogP contribution >= 0.6 is 0 Å². The lowest BCUT2D eigenvalue weighted by Gasteiger charge is -2.30. The molecule has 1 aromatic carbocycles. The highest BCUT2D eigenvalue weighted by Gasteiger charge is 2.27. The van der Waals surface area contributed by atoms with Crippen LogP contribution in [0.3, 0.4) is 0 Å². The number of hydrogen-bond acceptors (Lipinski definition) is 5. The van der Waals surface area contributed by atoms with Gasteiger partial charge in [0.1, 0.15) is 5.75 Å². The van der Waals surface area contributed by atoms with Crippen molar-refractivity contribution in [2.24, 2.45) is 0 Å². The first kappa shape index (κ1) is 16.5. The molecule has 0 atom stereocenters. The Kier molecular flexibility index (Phi) is 5.13. The van der Waals surface area contributed by atoms with Crippen LogP contribution in [0.25, 0.3) is 0 Å². The number of benzene rings is 1. The molecule has 6 heteroatoms. The molecule has 0 N–H and O–H groups in total. The number of para-hydroxylation sites is 1. The minimum Gasteiger partial charge on any atom is -0.484 e. The van der Waals surface area contributed by atoms with Crippen LogP contribution in [-0.4, -0.2) is 40.6 Å². The van der Waals surface area contributed by atoms with Gasteiger partial charge in [0.2, 0.25) is 5.89 Å². The number of carbonyl (C=O) groups excluding carboxylic acids is 1. The molecule has 128 valence electrons. The average molecular weight is 329 g/mol. The van der Waals surface area contributed by atoms with Crippen molar-refractivity contribution in [3.8, 4) is 5.75 Å². The van der Waals surface area contributed by atoms with E-state index in [2.05, 4.69) is 10.1 Å². The zero-order valence-corrected chi connectivity index (χ0v) is 14.2. The lowest BCUT2D eigenvalue weighted by atomic mass is 9.97. The zero-order chi connectivity index (χ0) is 16.9. The highest BCUT2D eigenvalue weighted by Crippen LogP contribution is 2.27. The summed E-state index contributed by atoms with van der Waals surface area (Å²) >= 11 is 0. The van der Waals surface area contributed by atoms with Crippen LogP contribution in [0.4, 0.5) is 0 Å². The Hall–Kier alpha value is -2.37. The Bertz CT molecular complexity index is 690. The molecule has 1 aromatic heterocycles. The zero-order valence-electron chi connectivity index (χ0n) is 14.2. The Morgan fingerprint density at radius 3 is 2.75 bits per heavy atom. The van der Waals surface area contributed by atoms with E-state index in [0.717, 1.165) is 36.4 Å². The van der Waals surface area contributed by atoms with Gasteiger partial charge in [-0.3, -0.25) is 4.79 Å². The number of hydrogen-bond donors (Lipinski definition) is 0. The highest BCUT2D eigenvalue weighted by atomic mass is 16.5. The summed E-state index contributed by atoms with van der Waals surface area (Å²) in [5, 5.41) is 3.95. The number of aromatic nitrogens is 2. The van der Waals surface area contributed by atoms with E-state index in [-0.39, 0.29) is 18.4 Å². The first-order chi connectivity index (χ1) is 11.7. The maximum absolute atomic E-state index is 12.3. The number of amides is 1. The van der Waals surface area contributed by atoms with Gasteiger partial charge in [-0.1, -0.05) is 30.3 Å². The van der Waals surface area contributed by atoms with Crippen molar-refractivity contribution in [3.63, 3.8) is 0 Å². The molecule has 1 fully saturated rings. The summed E-state index contributed by atoms with van der Waals surface area (Å²) in [7, 11) is 0. The van der Waals surface area contributed by atoms with Gasteiger partial charge in [-0.2, -0.15) is 4.98 Å². The van der Waals surface area contributed by atoms with Gasteiger partial charge in [-0.05, 0) is 31.4 Å². The molecule has 1 saturated heterocycles. The van der Waals surface area contributed by atoms with Gasteiger partial charge in [-0.15, -0.1) is 0 Å². The van der Waals surface area contributed by atoms with Crippen LogP contribution < -0.4 is 4.74 Å². The third-order valence-corrected chi connectivity index (χ3v) is 4.44. The van der Waals surface area contributed by atoms with E-state index in [4.69, 9.17) is 9.26 Å². The standard InChI is InChI=1S/C18H23N3O3/c1-3-16-19-18(24-20-16)14-8-10-21(11-9-14)17(22)12-23-15-7-5-4-6-13(15)2/h4-7,14H,3,8-12H2,1-2H3. The fraction of sp³-hybridized carbons (Fsp3) is 0.500. The van der Waals surface area contributed by atoms with Crippen LogP contribution in [-0.2, 0) is 11.2 Å². The summed E-state index contributed by atoms with van der Waals surface area (Å²) in [5.41, 5.74) is 1.03. The van der Waals surface area contributed by atoms with E-state index in [1.165, 1.54) is 0 Å². The predicted molar refractivity (Wildman–Crippen MR) is 88.9 cm³/mol. The van der Waals surface area contributed by atoms with Crippen LogP contribution in [0, 0.1) is 6.92 Å². The Morgan fingerprint density at radius 1 is 1.33 bits per heavy atom. The molecule has 2 aromatic rings. The van der Waals surface area contributed by atoms with Gasteiger partial charge < -0.3 is 14.2 Å². The van der Waals surface area contributed by atoms with E-state index in [1.54, 1.807) is 0 Å². The molecule has 2 heterocycles. The summed E-state index contributed by atoms with van der Waals surface area (Å²) in [6, 6.07) is 7.72. The average Bonchev–Trinajstić information content (AvgIpc) is 3.10. The molecule has 6 nitrogen and oxygen atoms in total. The fourth-order valence-corrected chi connectivity index (χ4v) is 2.90. The second-order valence-electron chi connectivity index (χ2n) is 6.11. The first-order valence-electron chi connectivity index (χ1n) is 8.46. The van der Waals surface area contributed by atoms with E-state index in [9.17, 15) is 4.79 Å². The van der Waals surface area contributed by atoms with Crippen molar-refractivity contribution in [1.29, 1.82) is 0 Å². The summed E-state index contributed by atoms with van der Waals surface area (Å²) in [6.07, 6.45) is 2.47. The predicted octanol–water partition coefficient (Wildman–Crippen LogP) is 2.73. The van der Waals surface area contributed by atoms with Crippen LogP contribution in [0.2, 0.25) is 0 Å². The molecule has 0 radical (unpaired) electrons. The number of carbonyl (C=O) groups is 1. The topological polar surface area (TPSA) is 68.5 Å². The lowest BCUT2D eigenvalue weighted by molar-refractivity contribution is -0.134. The third kappa shape index (κ3) is 3.75. The maximum atomic E-state index is 12.3. The molecule has 0 aliphatic carbocycles. The summed E-state index contributed by atoms with van der Waals surface area (Å²) in [5.74, 6) is 2.49. The van der Waals surface area contributed by atoms with Crippen molar-refractivity contribution < 1.29 is 14.1 Å². The van der Waals surface area contributed by atoms with E-state index >= 15 is 0 Å². The minimum absolute atomic E-state index is 0.0245. The SMILES string of the molecule is CCc1noc(C2CCN(C(=O)COc3ccccc3C)CC2)n1. The second kappa shape index (κ2) is 7.47. The summed E-state index contributed by atoms with van der Waals surface area (Å²) in [6.45, 7) is 5.45. The van der Waals surface area contributed by atoms with Gasteiger partial charge in [0.25, 0.3) is 5.91 Å². The minimum atomic E-state index is 0.0245. The van der Waals surface area contributed by atoms with Crippen molar-refractivity contribution in [1.82, 2.24) is 15.0 Å². The molecule has 1 aliphatic rings. The second-order valence-corrected chi connectivity index (χ2v) is 6.11. The monoisotopic (exact) mass is 329 g/mol. The lowest BCUT2D eigenvalue weighted by Crippen LogP contribution is -2.40. The van der Waals surface area contributed by atoms with Crippen molar-refractivity contribution in [2.45, 2.75) is 39.0 Å². The molecule has 24 heavy (non-hydrogen) atoms. The van der Waals surface area contributed by atoms with Crippen LogP contribution in [0.15, 0.2) is 28.8 Å². The number of rotatable bonds is 5. The Morgan fingerprint density at radius 2 is 2.08 bits per heavy atom. The van der Waals surface area contributed by atoms with Gasteiger partial charge in [0.05, 0.1) is 0 Å². The number of piperidine rings is 1. The quantitative estimate of drug-likeness (QED) is 0.843. The summed E-state index contributed by atoms with van der Waals surface area (Å²) in [4.78, 5) is 18.6. The smallest absolute Gasteiger partial charge is 0.260 e. The number of aryl methyl sites for hydroxylation is 2. The first-order valence-corrected chi connectivity index (χ1v) is 8.46. The molecule has 0 bridgehead atoms. The van der Waals surface area contributed by atoms with Crippen LogP contribution in [0.1, 0.15) is 43.0 Å². The molecule has 1 amide bonds. The molecule has 0 saturated carbocycles. The van der Waals surface area contributed by atoms with E-state index in [1.807, 2.05) is 43.0 Å².